The molecule has 154 valence electrons. The van der Waals surface area contributed by atoms with Crippen molar-refractivity contribution in [1.29, 1.82) is 0 Å². The molecule has 0 aliphatic heterocycles. The molecule has 30 heavy (non-hydrogen) atoms. The van der Waals surface area contributed by atoms with Crippen molar-refractivity contribution < 1.29 is 14.3 Å². The zero-order chi connectivity index (χ0) is 21.5. The van der Waals surface area contributed by atoms with Gasteiger partial charge in [0.05, 0.1) is 17.9 Å². The number of anilines is 1. The van der Waals surface area contributed by atoms with Crippen molar-refractivity contribution in [3.05, 3.63) is 100 Å². The minimum absolute atomic E-state index is 0.212. The van der Waals surface area contributed by atoms with E-state index in [1.165, 1.54) is 0 Å². The van der Waals surface area contributed by atoms with Gasteiger partial charge in [-0.15, -0.1) is 0 Å². The Balaban J connectivity index is 1.71. The van der Waals surface area contributed by atoms with Crippen LogP contribution in [0.25, 0.3) is 0 Å². The van der Waals surface area contributed by atoms with E-state index in [1.54, 1.807) is 49.3 Å². The Labute approximate surface area is 181 Å². The Hall–Kier alpha value is -3.31. The number of carbonyl (C=O) groups is 2. The fourth-order valence-corrected chi connectivity index (χ4v) is 3.16. The first-order chi connectivity index (χ1) is 14.5. The SMILES string of the molecule is CCOC(=O)c1ccc(N(C)NC(=O)c2ccccc2Cc2ccc(Cl)cc2)cc1. The lowest BCUT2D eigenvalue weighted by Gasteiger charge is -2.21. The summed E-state index contributed by atoms with van der Waals surface area (Å²) < 4.78 is 4.99. The second-order valence-corrected chi connectivity index (χ2v) is 7.16. The van der Waals surface area contributed by atoms with Crippen molar-refractivity contribution in [3.8, 4) is 0 Å². The van der Waals surface area contributed by atoms with Gasteiger partial charge in [0.1, 0.15) is 0 Å². The van der Waals surface area contributed by atoms with Gasteiger partial charge in [-0.25, -0.2) is 4.79 Å². The quantitative estimate of drug-likeness (QED) is 0.435. The summed E-state index contributed by atoms with van der Waals surface area (Å²) in [6, 6.07) is 21.9. The number of hydrogen-bond donors (Lipinski definition) is 1. The first kappa shape index (κ1) is 21.4. The van der Waals surface area contributed by atoms with Gasteiger partial charge in [-0.3, -0.25) is 15.2 Å². The second kappa shape index (κ2) is 9.94. The summed E-state index contributed by atoms with van der Waals surface area (Å²) in [5.74, 6) is -0.580. The van der Waals surface area contributed by atoms with Crippen LogP contribution in [0.2, 0.25) is 5.02 Å². The van der Waals surface area contributed by atoms with Gasteiger partial charge in [0.15, 0.2) is 0 Å². The molecule has 5 nitrogen and oxygen atoms in total. The number of nitrogens with one attached hydrogen (secondary N) is 1. The molecule has 0 fully saturated rings. The molecule has 0 saturated carbocycles. The fraction of sp³-hybridized carbons (Fsp3) is 0.167. The third kappa shape index (κ3) is 5.39. The smallest absolute Gasteiger partial charge is 0.338 e. The summed E-state index contributed by atoms with van der Waals surface area (Å²) in [6.45, 7) is 2.09. The maximum absolute atomic E-state index is 12.9. The molecule has 0 aliphatic rings. The maximum atomic E-state index is 12.9. The number of hydrogen-bond acceptors (Lipinski definition) is 4. The number of halogens is 1. The molecule has 0 saturated heterocycles. The van der Waals surface area contributed by atoms with Crippen LogP contribution in [-0.4, -0.2) is 25.5 Å². The maximum Gasteiger partial charge on any atom is 0.338 e. The molecule has 0 radical (unpaired) electrons. The minimum atomic E-state index is -0.369. The number of ether oxygens (including phenoxy) is 1. The van der Waals surface area contributed by atoms with Crippen molar-refractivity contribution in [2.24, 2.45) is 0 Å². The van der Waals surface area contributed by atoms with Crippen LogP contribution in [0.1, 0.15) is 38.8 Å². The van der Waals surface area contributed by atoms with Gasteiger partial charge < -0.3 is 4.74 Å². The van der Waals surface area contributed by atoms with Crippen LogP contribution in [0.15, 0.2) is 72.8 Å². The predicted molar refractivity (Wildman–Crippen MR) is 119 cm³/mol. The molecular formula is C24H23ClN2O3. The van der Waals surface area contributed by atoms with Crippen LogP contribution in [-0.2, 0) is 11.2 Å². The highest BCUT2D eigenvalue weighted by atomic mass is 35.5. The molecule has 1 amide bonds. The van der Waals surface area contributed by atoms with Gasteiger partial charge >= 0.3 is 5.97 Å². The number of esters is 1. The number of benzene rings is 3. The van der Waals surface area contributed by atoms with E-state index in [-0.39, 0.29) is 11.9 Å². The predicted octanol–water partition coefficient (Wildman–Crippen LogP) is 4.89. The molecule has 0 unspecified atom stereocenters. The zero-order valence-corrected chi connectivity index (χ0v) is 17.6. The van der Waals surface area contributed by atoms with E-state index in [0.717, 1.165) is 16.8 Å². The topological polar surface area (TPSA) is 58.6 Å². The van der Waals surface area contributed by atoms with Crippen LogP contribution in [0, 0.1) is 0 Å². The molecule has 0 spiro atoms. The van der Waals surface area contributed by atoms with Gasteiger partial charge in [-0.05, 0) is 66.9 Å². The van der Waals surface area contributed by atoms with Gasteiger partial charge in [0, 0.05) is 17.6 Å². The van der Waals surface area contributed by atoms with Crippen molar-refractivity contribution in [3.63, 3.8) is 0 Å². The number of nitrogens with zero attached hydrogens (tertiary/aromatic N) is 1. The molecule has 3 aromatic carbocycles. The van der Waals surface area contributed by atoms with E-state index in [4.69, 9.17) is 16.3 Å². The average molecular weight is 423 g/mol. The summed E-state index contributed by atoms with van der Waals surface area (Å²) in [4.78, 5) is 24.7. The summed E-state index contributed by atoms with van der Waals surface area (Å²) in [7, 11) is 1.75. The van der Waals surface area contributed by atoms with E-state index in [0.29, 0.717) is 29.2 Å². The first-order valence-electron chi connectivity index (χ1n) is 9.62. The zero-order valence-electron chi connectivity index (χ0n) is 16.9. The highest BCUT2D eigenvalue weighted by molar-refractivity contribution is 6.30. The standard InChI is InChI=1S/C24H23ClN2O3/c1-3-30-24(29)18-10-14-21(15-11-18)27(2)26-23(28)22-7-5-4-6-19(22)16-17-8-12-20(25)13-9-17/h4-15H,3,16H2,1-2H3,(H,26,28). The number of rotatable bonds is 7. The lowest BCUT2D eigenvalue weighted by Crippen LogP contribution is -2.39. The van der Waals surface area contributed by atoms with E-state index in [9.17, 15) is 9.59 Å². The fourth-order valence-electron chi connectivity index (χ4n) is 3.03. The highest BCUT2D eigenvalue weighted by Crippen LogP contribution is 2.18. The lowest BCUT2D eigenvalue weighted by molar-refractivity contribution is 0.0526. The normalized spacial score (nSPS) is 10.4. The molecular weight excluding hydrogens is 400 g/mol. The van der Waals surface area contributed by atoms with Crippen LogP contribution < -0.4 is 10.4 Å². The summed E-state index contributed by atoms with van der Waals surface area (Å²) >= 11 is 5.96. The molecule has 0 atom stereocenters. The van der Waals surface area contributed by atoms with Crippen LogP contribution in [0.5, 0.6) is 0 Å². The monoisotopic (exact) mass is 422 g/mol. The average Bonchev–Trinajstić information content (AvgIpc) is 2.76. The van der Waals surface area contributed by atoms with Crippen LogP contribution in [0.4, 0.5) is 5.69 Å². The number of amides is 1. The number of carbonyl (C=O) groups excluding carboxylic acids is 2. The Morgan fingerprint density at radius 1 is 0.967 bits per heavy atom. The Morgan fingerprint density at radius 3 is 2.30 bits per heavy atom. The molecule has 6 heteroatoms. The summed E-state index contributed by atoms with van der Waals surface area (Å²) in [5, 5.41) is 2.30. The molecule has 0 aliphatic carbocycles. The molecule has 1 N–H and O–H groups in total. The van der Waals surface area contributed by atoms with Crippen LogP contribution >= 0.6 is 11.6 Å². The lowest BCUT2D eigenvalue weighted by atomic mass is 9.99. The molecule has 3 aromatic rings. The summed E-state index contributed by atoms with van der Waals surface area (Å²) in [5.41, 5.74) is 6.68. The first-order valence-corrected chi connectivity index (χ1v) is 10.00. The van der Waals surface area contributed by atoms with Crippen molar-refractivity contribution in [1.82, 2.24) is 5.43 Å². The van der Waals surface area contributed by atoms with E-state index < -0.39 is 0 Å². The second-order valence-electron chi connectivity index (χ2n) is 6.73. The van der Waals surface area contributed by atoms with Gasteiger partial charge in [-0.2, -0.15) is 0 Å². The van der Waals surface area contributed by atoms with E-state index >= 15 is 0 Å². The third-order valence-corrected chi connectivity index (χ3v) is 4.86. The number of hydrazine groups is 1. The third-order valence-electron chi connectivity index (χ3n) is 4.60. The molecule has 0 heterocycles. The Morgan fingerprint density at radius 2 is 1.63 bits per heavy atom. The van der Waals surface area contributed by atoms with Crippen molar-refractivity contribution >= 4 is 29.2 Å². The van der Waals surface area contributed by atoms with Crippen molar-refractivity contribution in [2.45, 2.75) is 13.3 Å². The van der Waals surface area contributed by atoms with Crippen LogP contribution in [0.3, 0.4) is 0 Å². The Bertz CT molecular complexity index is 1020. The van der Waals surface area contributed by atoms with Gasteiger partial charge in [0.25, 0.3) is 5.91 Å². The highest BCUT2D eigenvalue weighted by Gasteiger charge is 2.14. The van der Waals surface area contributed by atoms with E-state index in [2.05, 4.69) is 5.43 Å². The van der Waals surface area contributed by atoms with Gasteiger partial charge in [-0.1, -0.05) is 41.9 Å². The van der Waals surface area contributed by atoms with E-state index in [1.807, 2.05) is 42.5 Å². The van der Waals surface area contributed by atoms with Crippen molar-refractivity contribution in [2.75, 3.05) is 18.7 Å². The molecule has 0 aromatic heterocycles. The van der Waals surface area contributed by atoms with Gasteiger partial charge in [0.2, 0.25) is 0 Å². The largest absolute Gasteiger partial charge is 0.462 e. The summed E-state index contributed by atoms with van der Waals surface area (Å²) in [6.07, 6.45) is 0.624. The molecule has 0 bridgehead atoms. The minimum Gasteiger partial charge on any atom is -0.462 e. The Kier molecular flexibility index (Phi) is 7.09. The molecule has 3 rings (SSSR count).